The summed E-state index contributed by atoms with van der Waals surface area (Å²) in [5, 5.41) is 1.17. The van der Waals surface area contributed by atoms with Crippen LogP contribution in [0.2, 0.25) is 10.0 Å². The van der Waals surface area contributed by atoms with Crippen LogP contribution in [-0.4, -0.2) is 12.1 Å². The molecule has 0 saturated carbocycles. The van der Waals surface area contributed by atoms with Gasteiger partial charge in [0.25, 0.3) is 0 Å². The minimum Gasteiger partial charge on any atom is -0.493 e. The van der Waals surface area contributed by atoms with E-state index in [1.165, 1.54) is 0 Å². The van der Waals surface area contributed by atoms with E-state index in [0.29, 0.717) is 34.6 Å². The monoisotopic (exact) mass is 402 g/mol. The second-order valence-electron chi connectivity index (χ2n) is 6.12. The molecule has 0 aliphatic carbocycles. The SMILES string of the molecule is COc1cc(CC(N)c2cccnc2)cc(Cl)c1OCc1ccc(Cl)cc1. The van der Waals surface area contributed by atoms with Gasteiger partial charge in [-0.05, 0) is 53.4 Å². The van der Waals surface area contributed by atoms with Gasteiger partial charge in [0.05, 0.1) is 12.1 Å². The number of benzene rings is 2. The highest BCUT2D eigenvalue weighted by molar-refractivity contribution is 6.32. The van der Waals surface area contributed by atoms with Crippen LogP contribution >= 0.6 is 23.2 Å². The number of nitrogens with zero attached hydrogens (tertiary/aromatic N) is 1. The molecule has 0 aliphatic heterocycles. The zero-order valence-corrected chi connectivity index (χ0v) is 16.4. The Morgan fingerprint density at radius 2 is 1.85 bits per heavy atom. The Morgan fingerprint density at radius 3 is 2.52 bits per heavy atom. The lowest BCUT2D eigenvalue weighted by molar-refractivity contribution is 0.284. The van der Waals surface area contributed by atoms with Crippen LogP contribution in [0.25, 0.3) is 0 Å². The van der Waals surface area contributed by atoms with Crippen LogP contribution in [-0.2, 0) is 13.0 Å². The van der Waals surface area contributed by atoms with Gasteiger partial charge in [0.2, 0.25) is 0 Å². The van der Waals surface area contributed by atoms with E-state index in [2.05, 4.69) is 4.98 Å². The molecule has 1 unspecified atom stereocenters. The number of pyridine rings is 1. The second-order valence-corrected chi connectivity index (χ2v) is 6.96. The van der Waals surface area contributed by atoms with Crippen molar-refractivity contribution in [2.24, 2.45) is 5.73 Å². The number of aromatic nitrogens is 1. The number of hydrogen-bond acceptors (Lipinski definition) is 4. The van der Waals surface area contributed by atoms with E-state index < -0.39 is 0 Å². The minimum absolute atomic E-state index is 0.180. The van der Waals surface area contributed by atoms with Crippen molar-refractivity contribution in [3.8, 4) is 11.5 Å². The van der Waals surface area contributed by atoms with Gasteiger partial charge in [0.1, 0.15) is 6.61 Å². The van der Waals surface area contributed by atoms with Crippen molar-refractivity contribution in [3.63, 3.8) is 0 Å². The smallest absolute Gasteiger partial charge is 0.180 e. The molecule has 0 radical (unpaired) electrons. The molecule has 140 valence electrons. The summed E-state index contributed by atoms with van der Waals surface area (Å²) in [5.74, 6) is 1.08. The van der Waals surface area contributed by atoms with Crippen LogP contribution in [0.3, 0.4) is 0 Å². The number of ether oxygens (including phenoxy) is 2. The highest BCUT2D eigenvalue weighted by Crippen LogP contribution is 2.37. The van der Waals surface area contributed by atoms with Gasteiger partial charge in [0.15, 0.2) is 11.5 Å². The van der Waals surface area contributed by atoms with Gasteiger partial charge >= 0.3 is 0 Å². The molecule has 0 bridgehead atoms. The van der Waals surface area contributed by atoms with E-state index in [4.69, 9.17) is 38.4 Å². The van der Waals surface area contributed by atoms with Crippen molar-refractivity contribution in [2.45, 2.75) is 19.1 Å². The molecule has 2 aromatic carbocycles. The Bertz CT molecular complexity index is 887. The number of nitrogens with two attached hydrogens (primary N) is 1. The Labute approximate surface area is 168 Å². The van der Waals surface area contributed by atoms with E-state index >= 15 is 0 Å². The van der Waals surface area contributed by atoms with Crippen molar-refractivity contribution in [2.75, 3.05) is 7.11 Å². The van der Waals surface area contributed by atoms with Gasteiger partial charge < -0.3 is 15.2 Å². The molecule has 0 saturated heterocycles. The van der Waals surface area contributed by atoms with Gasteiger partial charge in [-0.2, -0.15) is 0 Å². The van der Waals surface area contributed by atoms with Gasteiger partial charge in [0, 0.05) is 23.5 Å². The van der Waals surface area contributed by atoms with Crippen LogP contribution in [0, 0.1) is 0 Å². The summed E-state index contributed by atoms with van der Waals surface area (Å²) in [6.45, 7) is 0.363. The fourth-order valence-corrected chi connectivity index (χ4v) is 3.15. The third-order valence-electron chi connectivity index (χ3n) is 4.15. The molecule has 4 nitrogen and oxygen atoms in total. The van der Waals surface area contributed by atoms with Crippen molar-refractivity contribution < 1.29 is 9.47 Å². The zero-order valence-electron chi connectivity index (χ0n) is 14.9. The molecule has 1 heterocycles. The number of hydrogen-bond donors (Lipinski definition) is 1. The highest BCUT2D eigenvalue weighted by atomic mass is 35.5. The van der Waals surface area contributed by atoms with Crippen molar-refractivity contribution in [3.05, 3.63) is 87.7 Å². The van der Waals surface area contributed by atoms with Crippen LogP contribution in [0.5, 0.6) is 11.5 Å². The predicted octanol–water partition coefficient (Wildman–Crippen LogP) is 5.22. The number of rotatable bonds is 7. The topological polar surface area (TPSA) is 57.4 Å². The summed E-state index contributed by atoms with van der Waals surface area (Å²) in [5.41, 5.74) is 9.21. The average Bonchev–Trinajstić information content (AvgIpc) is 2.68. The first-order valence-corrected chi connectivity index (χ1v) is 9.21. The Hall–Kier alpha value is -2.27. The molecule has 0 aliphatic rings. The van der Waals surface area contributed by atoms with Gasteiger partial charge in [-0.25, -0.2) is 0 Å². The summed E-state index contributed by atoms with van der Waals surface area (Å²) in [7, 11) is 1.59. The Morgan fingerprint density at radius 1 is 1.07 bits per heavy atom. The zero-order chi connectivity index (χ0) is 19.2. The molecule has 3 rings (SSSR count). The maximum Gasteiger partial charge on any atom is 0.180 e. The largest absolute Gasteiger partial charge is 0.493 e. The van der Waals surface area contributed by atoms with Gasteiger partial charge in [-0.15, -0.1) is 0 Å². The lowest BCUT2D eigenvalue weighted by Crippen LogP contribution is -2.13. The molecule has 1 aromatic heterocycles. The van der Waals surface area contributed by atoms with Crippen molar-refractivity contribution >= 4 is 23.2 Å². The molecule has 2 N–H and O–H groups in total. The van der Waals surface area contributed by atoms with E-state index in [-0.39, 0.29) is 6.04 Å². The van der Waals surface area contributed by atoms with Crippen molar-refractivity contribution in [1.82, 2.24) is 4.98 Å². The highest BCUT2D eigenvalue weighted by Gasteiger charge is 2.15. The van der Waals surface area contributed by atoms with E-state index in [1.807, 2.05) is 48.5 Å². The summed E-state index contributed by atoms with van der Waals surface area (Å²) in [6, 6.07) is 14.9. The van der Waals surface area contributed by atoms with Gasteiger partial charge in [-0.3, -0.25) is 4.98 Å². The predicted molar refractivity (Wildman–Crippen MR) is 109 cm³/mol. The maximum atomic E-state index is 6.45. The summed E-state index contributed by atoms with van der Waals surface area (Å²) < 4.78 is 11.4. The first-order chi connectivity index (χ1) is 13.1. The quantitative estimate of drug-likeness (QED) is 0.588. The van der Waals surface area contributed by atoms with Crippen molar-refractivity contribution in [1.29, 1.82) is 0 Å². The maximum absolute atomic E-state index is 6.45. The fraction of sp³-hybridized carbons (Fsp3) is 0.190. The lowest BCUT2D eigenvalue weighted by Gasteiger charge is -2.16. The van der Waals surface area contributed by atoms with E-state index in [0.717, 1.165) is 16.7 Å². The first-order valence-electron chi connectivity index (χ1n) is 8.46. The number of methoxy groups -OCH3 is 1. The summed E-state index contributed by atoms with van der Waals surface area (Å²) in [6.07, 6.45) is 4.11. The lowest BCUT2D eigenvalue weighted by atomic mass is 10.0. The third-order valence-corrected chi connectivity index (χ3v) is 4.69. The molecular weight excluding hydrogens is 383 g/mol. The Kier molecular flexibility index (Phi) is 6.56. The molecule has 3 aromatic rings. The van der Waals surface area contributed by atoms with Crippen LogP contribution < -0.4 is 15.2 Å². The molecule has 27 heavy (non-hydrogen) atoms. The number of halogens is 2. The molecular formula is C21H20Cl2N2O2. The van der Waals surface area contributed by atoms with E-state index in [9.17, 15) is 0 Å². The average molecular weight is 403 g/mol. The van der Waals surface area contributed by atoms with Crippen LogP contribution in [0.1, 0.15) is 22.7 Å². The third kappa shape index (κ3) is 5.13. The van der Waals surface area contributed by atoms with Crippen LogP contribution in [0.15, 0.2) is 60.9 Å². The van der Waals surface area contributed by atoms with Gasteiger partial charge in [-0.1, -0.05) is 41.4 Å². The minimum atomic E-state index is -0.180. The molecule has 0 amide bonds. The normalized spacial score (nSPS) is 11.9. The van der Waals surface area contributed by atoms with Crippen LogP contribution in [0.4, 0.5) is 0 Å². The molecule has 6 heteroatoms. The first kappa shape index (κ1) is 19.5. The summed E-state index contributed by atoms with van der Waals surface area (Å²) >= 11 is 12.4. The standard InChI is InChI=1S/C21H20Cl2N2O2/c1-26-20-11-15(10-19(24)16-3-2-8-25-12-16)9-18(23)21(20)27-13-14-4-6-17(22)7-5-14/h2-9,11-12,19H,10,13,24H2,1H3. The second kappa shape index (κ2) is 9.09. The summed E-state index contributed by atoms with van der Waals surface area (Å²) in [4.78, 5) is 4.11. The van der Waals surface area contributed by atoms with E-state index in [1.54, 1.807) is 19.5 Å². The molecule has 0 fully saturated rings. The fourth-order valence-electron chi connectivity index (χ4n) is 2.73. The Balaban J connectivity index is 1.75. The molecule has 1 atom stereocenters. The molecule has 0 spiro atoms.